The van der Waals surface area contributed by atoms with E-state index in [1.807, 2.05) is 78.4 Å². The first-order valence-corrected chi connectivity index (χ1v) is 13.7. The Kier molecular flexibility index (Phi) is 7.03. The predicted octanol–water partition coefficient (Wildman–Crippen LogP) is 5.96. The van der Waals surface area contributed by atoms with Gasteiger partial charge in [-0.05, 0) is 67.1 Å². The number of hydrogen-bond acceptors (Lipinski definition) is 3. The molecule has 4 aromatic carbocycles. The van der Waals surface area contributed by atoms with E-state index in [1.54, 1.807) is 30.3 Å². The van der Waals surface area contributed by atoms with Gasteiger partial charge in [0.15, 0.2) is 5.43 Å². The quantitative estimate of drug-likeness (QED) is 0.209. The van der Waals surface area contributed by atoms with Crippen molar-refractivity contribution in [1.29, 1.82) is 0 Å². The van der Waals surface area contributed by atoms with Crippen LogP contribution in [0.2, 0.25) is 5.02 Å². The summed E-state index contributed by atoms with van der Waals surface area (Å²) in [6.07, 6.45) is 2.14. The lowest BCUT2D eigenvalue weighted by Gasteiger charge is -2.20. The van der Waals surface area contributed by atoms with Gasteiger partial charge in [-0.1, -0.05) is 53.6 Å². The van der Waals surface area contributed by atoms with Crippen LogP contribution in [-0.2, 0) is 22.6 Å². The summed E-state index contributed by atoms with van der Waals surface area (Å²) in [7, 11) is 0. The van der Waals surface area contributed by atoms with E-state index in [0.29, 0.717) is 32.5 Å². The fourth-order valence-corrected chi connectivity index (χ4v) is 5.42. The molecule has 0 spiro atoms. The van der Waals surface area contributed by atoms with Gasteiger partial charge in [-0.25, -0.2) is 0 Å². The van der Waals surface area contributed by atoms with E-state index in [-0.39, 0.29) is 30.2 Å². The molecule has 41 heavy (non-hydrogen) atoms. The summed E-state index contributed by atoms with van der Waals surface area (Å²) < 4.78 is 1.83. The average Bonchev–Trinajstić information content (AvgIpc) is 3.39. The number of carbonyl (C=O) groups excluding carboxylic acids is 2. The number of aromatic amines is 1. The molecule has 2 heterocycles. The normalized spacial score (nSPS) is 12.0. The number of H-pyrrole nitrogens is 1. The first-order valence-electron chi connectivity index (χ1n) is 13.3. The monoisotopic (exact) mass is 562 g/mol. The molecular weight excluding hydrogens is 536 g/mol. The average molecular weight is 563 g/mol. The number of para-hydroxylation sites is 2. The molecule has 0 bridgehead atoms. The maximum absolute atomic E-state index is 13.6. The molecule has 2 aromatic heterocycles. The van der Waals surface area contributed by atoms with Crippen molar-refractivity contribution in [1.82, 2.24) is 14.9 Å². The molecule has 7 nitrogen and oxygen atoms in total. The van der Waals surface area contributed by atoms with Gasteiger partial charge >= 0.3 is 0 Å². The Hall–Kier alpha value is -4.88. The number of anilines is 1. The first kappa shape index (κ1) is 26.3. The van der Waals surface area contributed by atoms with E-state index >= 15 is 0 Å². The molecule has 3 N–H and O–H groups in total. The highest BCUT2D eigenvalue weighted by atomic mass is 35.5. The van der Waals surface area contributed by atoms with Crippen LogP contribution in [0.5, 0.6) is 0 Å². The van der Waals surface area contributed by atoms with Crippen molar-refractivity contribution in [2.45, 2.75) is 25.9 Å². The third-order valence-electron chi connectivity index (χ3n) is 7.29. The number of amides is 2. The van der Waals surface area contributed by atoms with Crippen LogP contribution < -0.4 is 16.1 Å². The van der Waals surface area contributed by atoms with Gasteiger partial charge in [0.1, 0.15) is 12.6 Å². The van der Waals surface area contributed by atoms with Crippen LogP contribution >= 0.6 is 11.6 Å². The zero-order chi connectivity index (χ0) is 28.5. The maximum Gasteiger partial charge on any atom is 0.247 e. The second-order valence-electron chi connectivity index (χ2n) is 10.1. The number of hydrogen-bond donors (Lipinski definition) is 3. The van der Waals surface area contributed by atoms with Crippen molar-refractivity contribution in [3.63, 3.8) is 0 Å². The molecule has 0 saturated carbocycles. The second-order valence-corrected chi connectivity index (χ2v) is 10.6. The van der Waals surface area contributed by atoms with Gasteiger partial charge in [0.2, 0.25) is 11.8 Å². The van der Waals surface area contributed by atoms with Crippen LogP contribution in [0.3, 0.4) is 0 Å². The van der Waals surface area contributed by atoms with E-state index in [1.165, 1.54) is 0 Å². The summed E-state index contributed by atoms with van der Waals surface area (Å²) in [4.78, 5) is 43.7. The largest absolute Gasteiger partial charge is 0.361 e. The van der Waals surface area contributed by atoms with Crippen LogP contribution in [0, 0.1) is 6.92 Å². The molecule has 0 aliphatic carbocycles. The lowest BCUT2D eigenvalue weighted by Crippen LogP contribution is -2.46. The minimum Gasteiger partial charge on any atom is -0.361 e. The molecule has 1 atom stereocenters. The van der Waals surface area contributed by atoms with E-state index in [4.69, 9.17) is 11.6 Å². The number of rotatable bonds is 7. The summed E-state index contributed by atoms with van der Waals surface area (Å²) >= 11 is 6.01. The molecule has 0 aliphatic rings. The third-order valence-corrected chi connectivity index (χ3v) is 7.54. The molecule has 0 saturated heterocycles. The first-order chi connectivity index (χ1) is 19.9. The fraction of sp³-hybridized carbons (Fsp3) is 0.121. The van der Waals surface area contributed by atoms with E-state index in [2.05, 4.69) is 15.6 Å². The Bertz CT molecular complexity index is 1990. The number of nitrogens with one attached hydrogen (secondary N) is 3. The number of aromatic nitrogens is 2. The third kappa shape index (κ3) is 5.32. The highest BCUT2D eigenvalue weighted by molar-refractivity contribution is 6.30. The van der Waals surface area contributed by atoms with Crippen LogP contribution in [0.4, 0.5) is 5.69 Å². The smallest absolute Gasteiger partial charge is 0.247 e. The molecule has 6 rings (SSSR count). The van der Waals surface area contributed by atoms with Crippen LogP contribution in [0.25, 0.3) is 32.7 Å². The highest BCUT2D eigenvalue weighted by Gasteiger charge is 2.24. The van der Waals surface area contributed by atoms with E-state index in [0.717, 1.165) is 22.0 Å². The van der Waals surface area contributed by atoms with Crippen LogP contribution in [0.15, 0.2) is 102 Å². The van der Waals surface area contributed by atoms with E-state index in [9.17, 15) is 14.4 Å². The number of halogens is 1. The standard InChI is InChI=1S/C33H27ClN4O3/c1-20-10-15-30-26(16-20)32(40)25-7-3-5-9-29(25)38(30)19-31(39)37-28(33(41)36-23-13-11-22(34)12-14-23)17-21-18-35-27-8-4-2-6-24(21)27/h2-16,18,28,35H,17,19H2,1H3,(H,36,41)(H,37,39)/t28-/m0/s1. The van der Waals surface area contributed by atoms with Crippen molar-refractivity contribution in [3.8, 4) is 0 Å². The number of benzene rings is 4. The number of aryl methyl sites for hydroxylation is 1. The van der Waals surface area contributed by atoms with Gasteiger partial charge in [-0.15, -0.1) is 0 Å². The van der Waals surface area contributed by atoms with Crippen molar-refractivity contribution in [2.75, 3.05) is 5.32 Å². The Morgan fingerprint density at radius 2 is 1.59 bits per heavy atom. The molecular formula is C33H27ClN4O3. The summed E-state index contributed by atoms with van der Waals surface area (Å²) in [6.45, 7) is 1.86. The molecule has 8 heteroatoms. The number of pyridine rings is 1. The van der Waals surface area contributed by atoms with Crippen LogP contribution in [-0.4, -0.2) is 27.4 Å². The van der Waals surface area contributed by atoms with Gasteiger partial charge in [-0.2, -0.15) is 0 Å². The number of nitrogens with zero attached hydrogens (tertiary/aromatic N) is 1. The topological polar surface area (TPSA) is 96.0 Å². The van der Waals surface area contributed by atoms with Crippen molar-refractivity contribution in [3.05, 3.63) is 124 Å². The van der Waals surface area contributed by atoms with Crippen molar-refractivity contribution < 1.29 is 9.59 Å². The van der Waals surface area contributed by atoms with Crippen molar-refractivity contribution >= 4 is 61.8 Å². The molecule has 0 unspecified atom stereocenters. The molecule has 0 fully saturated rings. The van der Waals surface area contributed by atoms with Gasteiger partial charge in [-0.3, -0.25) is 14.4 Å². The van der Waals surface area contributed by atoms with Gasteiger partial charge in [0, 0.05) is 45.0 Å². The zero-order valence-electron chi connectivity index (χ0n) is 22.3. The Labute approximate surface area is 240 Å². The Morgan fingerprint density at radius 1 is 0.878 bits per heavy atom. The summed E-state index contributed by atoms with van der Waals surface area (Å²) in [5, 5.41) is 8.49. The lowest BCUT2D eigenvalue weighted by atomic mass is 10.0. The van der Waals surface area contributed by atoms with Gasteiger partial charge < -0.3 is 20.2 Å². The molecule has 6 aromatic rings. The summed E-state index contributed by atoms with van der Waals surface area (Å²) in [6, 6.07) is 26.7. The minimum atomic E-state index is -0.864. The molecule has 0 radical (unpaired) electrons. The SMILES string of the molecule is Cc1ccc2c(c1)c(=O)c1ccccc1n2CC(=O)N[C@@H](Cc1c[nH]c2ccccc12)C(=O)Nc1ccc(Cl)cc1. The highest BCUT2D eigenvalue weighted by Crippen LogP contribution is 2.22. The second kappa shape index (κ2) is 10.9. The Morgan fingerprint density at radius 3 is 2.39 bits per heavy atom. The lowest BCUT2D eigenvalue weighted by molar-refractivity contribution is -0.126. The molecule has 0 aliphatic heterocycles. The van der Waals surface area contributed by atoms with Crippen LogP contribution in [0.1, 0.15) is 11.1 Å². The summed E-state index contributed by atoms with van der Waals surface area (Å²) in [5.41, 5.74) is 4.63. The van der Waals surface area contributed by atoms with Gasteiger partial charge in [0.05, 0.1) is 11.0 Å². The summed E-state index contributed by atoms with van der Waals surface area (Å²) in [5.74, 6) is -0.701. The zero-order valence-corrected chi connectivity index (χ0v) is 23.0. The fourth-order valence-electron chi connectivity index (χ4n) is 5.29. The minimum absolute atomic E-state index is 0.0705. The van der Waals surface area contributed by atoms with E-state index < -0.39 is 6.04 Å². The number of fused-ring (bicyclic) bond motifs is 3. The maximum atomic E-state index is 13.6. The number of carbonyl (C=O) groups is 2. The van der Waals surface area contributed by atoms with Crippen molar-refractivity contribution in [2.24, 2.45) is 0 Å². The Balaban J connectivity index is 1.34. The molecule has 204 valence electrons. The molecule has 2 amide bonds. The predicted molar refractivity (Wildman–Crippen MR) is 164 cm³/mol. The van der Waals surface area contributed by atoms with Gasteiger partial charge in [0.25, 0.3) is 0 Å².